The van der Waals surface area contributed by atoms with E-state index >= 15 is 0 Å². The third kappa shape index (κ3) is 5.21. The quantitative estimate of drug-likeness (QED) is 0.533. The van der Waals surface area contributed by atoms with Crippen LogP contribution in [0.1, 0.15) is 24.4 Å². The van der Waals surface area contributed by atoms with Gasteiger partial charge in [-0.25, -0.2) is 0 Å². The standard InChI is InChI=1S/C16H22N4O2/c1-2-18-16(19-10-7-14-4-3-11-22-14)20-12-15(21)13-5-8-17-9-6-13/h3-6,8-9,11,15,21H,2,7,10,12H2,1H3,(H2,18,19,20). The smallest absolute Gasteiger partial charge is 0.191 e. The van der Waals surface area contributed by atoms with Crippen molar-refractivity contribution in [1.29, 1.82) is 0 Å². The van der Waals surface area contributed by atoms with Gasteiger partial charge in [-0.2, -0.15) is 0 Å². The number of aliphatic hydroxyl groups is 1. The molecule has 118 valence electrons. The first-order valence-corrected chi connectivity index (χ1v) is 7.42. The van der Waals surface area contributed by atoms with Gasteiger partial charge in [0.05, 0.1) is 18.9 Å². The number of aromatic nitrogens is 1. The Morgan fingerprint density at radius 3 is 2.82 bits per heavy atom. The lowest BCUT2D eigenvalue weighted by Gasteiger charge is -2.13. The Morgan fingerprint density at radius 2 is 2.14 bits per heavy atom. The Labute approximate surface area is 130 Å². The molecule has 0 spiro atoms. The van der Waals surface area contributed by atoms with E-state index in [2.05, 4.69) is 20.6 Å². The van der Waals surface area contributed by atoms with E-state index in [1.807, 2.05) is 19.1 Å². The molecule has 0 aliphatic carbocycles. The molecule has 0 aliphatic heterocycles. The molecule has 0 radical (unpaired) electrons. The van der Waals surface area contributed by atoms with Gasteiger partial charge in [-0.3, -0.25) is 9.98 Å². The van der Waals surface area contributed by atoms with Crippen molar-refractivity contribution in [1.82, 2.24) is 15.6 Å². The van der Waals surface area contributed by atoms with E-state index in [4.69, 9.17) is 4.42 Å². The molecule has 2 rings (SSSR count). The molecule has 22 heavy (non-hydrogen) atoms. The van der Waals surface area contributed by atoms with E-state index in [1.165, 1.54) is 0 Å². The number of aliphatic hydroxyl groups excluding tert-OH is 1. The van der Waals surface area contributed by atoms with Gasteiger partial charge in [0.1, 0.15) is 5.76 Å². The van der Waals surface area contributed by atoms with Crippen LogP contribution in [0.4, 0.5) is 0 Å². The molecule has 6 heteroatoms. The lowest BCUT2D eigenvalue weighted by molar-refractivity contribution is 0.187. The van der Waals surface area contributed by atoms with E-state index in [-0.39, 0.29) is 0 Å². The fourth-order valence-electron chi connectivity index (χ4n) is 1.97. The number of furan rings is 1. The molecule has 0 aromatic carbocycles. The molecule has 3 N–H and O–H groups in total. The van der Waals surface area contributed by atoms with Gasteiger partial charge in [0.15, 0.2) is 5.96 Å². The maximum atomic E-state index is 10.1. The maximum Gasteiger partial charge on any atom is 0.191 e. The van der Waals surface area contributed by atoms with E-state index in [1.54, 1.807) is 30.8 Å². The average molecular weight is 302 g/mol. The van der Waals surface area contributed by atoms with Gasteiger partial charge in [-0.05, 0) is 36.8 Å². The van der Waals surface area contributed by atoms with Gasteiger partial charge in [0.2, 0.25) is 0 Å². The van der Waals surface area contributed by atoms with Crippen LogP contribution in [-0.4, -0.2) is 35.7 Å². The summed E-state index contributed by atoms with van der Waals surface area (Å²) < 4.78 is 5.29. The third-order valence-corrected chi connectivity index (χ3v) is 3.10. The van der Waals surface area contributed by atoms with Gasteiger partial charge in [0.25, 0.3) is 0 Å². The zero-order valence-electron chi connectivity index (χ0n) is 12.7. The summed E-state index contributed by atoms with van der Waals surface area (Å²) in [7, 11) is 0. The Kier molecular flexibility index (Phi) is 6.44. The summed E-state index contributed by atoms with van der Waals surface area (Å²) in [6, 6.07) is 7.40. The van der Waals surface area contributed by atoms with Gasteiger partial charge in [-0.1, -0.05) is 0 Å². The van der Waals surface area contributed by atoms with Crippen LogP contribution in [0.3, 0.4) is 0 Å². The summed E-state index contributed by atoms with van der Waals surface area (Å²) in [6.07, 6.45) is 5.14. The van der Waals surface area contributed by atoms with Gasteiger partial charge >= 0.3 is 0 Å². The van der Waals surface area contributed by atoms with Crippen molar-refractivity contribution in [3.05, 3.63) is 54.2 Å². The minimum atomic E-state index is -0.636. The van der Waals surface area contributed by atoms with E-state index in [0.717, 1.165) is 24.3 Å². The molecule has 0 fully saturated rings. The zero-order chi connectivity index (χ0) is 15.6. The molecule has 2 heterocycles. The number of aliphatic imine (C=N–C) groups is 1. The fourth-order valence-corrected chi connectivity index (χ4v) is 1.97. The highest BCUT2D eigenvalue weighted by atomic mass is 16.3. The highest BCUT2D eigenvalue weighted by Crippen LogP contribution is 2.10. The highest BCUT2D eigenvalue weighted by molar-refractivity contribution is 5.79. The largest absolute Gasteiger partial charge is 0.469 e. The van der Waals surface area contributed by atoms with Crippen LogP contribution in [0.15, 0.2) is 52.3 Å². The number of guanidine groups is 1. The third-order valence-electron chi connectivity index (χ3n) is 3.10. The Morgan fingerprint density at radius 1 is 1.32 bits per heavy atom. The second-order valence-electron chi connectivity index (χ2n) is 4.77. The van der Waals surface area contributed by atoms with Crippen LogP contribution >= 0.6 is 0 Å². The normalized spacial score (nSPS) is 12.9. The van der Waals surface area contributed by atoms with Crippen molar-refractivity contribution >= 4 is 5.96 Å². The molecule has 1 atom stereocenters. The van der Waals surface area contributed by atoms with Crippen LogP contribution < -0.4 is 10.6 Å². The first-order valence-electron chi connectivity index (χ1n) is 7.42. The number of nitrogens with one attached hydrogen (secondary N) is 2. The molecular formula is C16H22N4O2. The van der Waals surface area contributed by atoms with Crippen molar-refractivity contribution in [2.45, 2.75) is 19.4 Å². The predicted molar refractivity (Wildman–Crippen MR) is 85.6 cm³/mol. The first kappa shape index (κ1) is 16.0. The minimum Gasteiger partial charge on any atom is -0.469 e. The highest BCUT2D eigenvalue weighted by Gasteiger charge is 2.07. The number of hydrogen-bond acceptors (Lipinski definition) is 4. The summed E-state index contributed by atoms with van der Waals surface area (Å²) in [5.41, 5.74) is 0.810. The predicted octanol–water partition coefficient (Wildman–Crippen LogP) is 1.51. The summed E-state index contributed by atoms with van der Waals surface area (Å²) in [4.78, 5) is 8.34. The number of nitrogens with zero attached hydrogens (tertiary/aromatic N) is 2. The van der Waals surface area contributed by atoms with Gasteiger partial charge < -0.3 is 20.2 Å². The molecule has 0 aliphatic rings. The van der Waals surface area contributed by atoms with Crippen molar-refractivity contribution < 1.29 is 9.52 Å². The molecule has 2 aromatic rings. The molecule has 6 nitrogen and oxygen atoms in total. The SMILES string of the molecule is CCNC(=NCC(O)c1ccncc1)NCCc1ccco1. The Bertz CT molecular complexity index is 555. The fraction of sp³-hybridized carbons (Fsp3) is 0.375. The van der Waals surface area contributed by atoms with Gasteiger partial charge in [0, 0.05) is 31.9 Å². The summed E-state index contributed by atoms with van der Waals surface area (Å²) in [6.45, 7) is 3.77. The van der Waals surface area contributed by atoms with Crippen molar-refractivity contribution in [3.63, 3.8) is 0 Å². The summed E-state index contributed by atoms with van der Waals surface area (Å²) >= 11 is 0. The molecule has 0 amide bonds. The van der Waals surface area contributed by atoms with Crippen molar-refractivity contribution in [2.75, 3.05) is 19.6 Å². The lowest BCUT2D eigenvalue weighted by atomic mass is 10.1. The number of pyridine rings is 1. The summed E-state index contributed by atoms with van der Waals surface area (Å²) in [5, 5.41) is 16.5. The van der Waals surface area contributed by atoms with Crippen LogP contribution in [0.5, 0.6) is 0 Å². The molecular weight excluding hydrogens is 280 g/mol. The molecule has 1 unspecified atom stereocenters. The van der Waals surface area contributed by atoms with Crippen LogP contribution in [0.2, 0.25) is 0 Å². The van der Waals surface area contributed by atoms with E-state index in [0.29, 0.717) is 19.0 Å². The minimum absolute atomic E-state index is 0.292. The number of rotatable bonds is 7. The Balaban J connectivity index is 1.83. The maximum absolute atomic E-state index is 10.1. The van der Waals surface area contributed by atoms with E-state index < -0.39 is 6.10 Å². The van der Waals surface area contributed by atoms with Crippen molar-refractivity contribution in [3.8, 4) is 0 Å². The Hall–Kier alpha value is -2.34. The second kappa shape index (κ2) is 8.84. The van der Waals surface area contributed by atoms with Crippen LogP contribution in [-0.2, 0) is 6.42 Å². The monoisotopic (exact) mass is 302 g/mol. The molecule has 0 saturated heterocycles. The topological polar surface area (TPSA) is 82.7 Å². The zero-order valence-corrected chi connectivity index (χ0v) is 12.7. The van der Waals surface area contributed by atoms with Crippen LogP contribution in [0, 0.1) is 0 Å². The lowest BCUT2D eigenvalue weighted by Crippen LogP contribution is -2.38. The number of hydrogen-bond donors (Lipinski definition) is 3. The average Bonchev–Trinajstić information content (AvgIpc) is 3.06. The van der Waals surface area contributed by atoms with Crippen LogP contribution in [0.25, 0.3) is 0 Å². The molecule has 2 aromatic heterocycles. The second-order valence-corrected chi connectivity index (χ2v) is 4.77. The van der Waals surface area contributed by atoms with Crippen molar-refractivity contribution in [2.24, 2.45) is 4.99 Å². The molecule has 0 bridgehead atoms. The summed E-state index contributed by atoms with van der Waals surface area (Å²) in [5.74, 6) is 1.61. The first-order chi connectivity index (χ1) is 10.8. The van der Waals surface area contributed by atoms with Gasteiger partial charge in [-0.15, -0.1) is 0 Å². The van der Waals surface area contributed by atoms with E-state index in [9.17, 15) is 5.11 Å². The molecule has 0 saturated carbocycles.